The van der Waals surface area contributed by atoms with Crippen molar-refractivity contribution in [3.05, 3.63) is 94.1 Å². The summed E-state index contributed by atoms with van der Waals surface area (Å²) in [6, 6.07) is 14.2. The molecule has 0 N–H and O–H groups in total. The molecule has 3 aromatic carbocycles. The molecule has 0 nitrogen and oxygen atoms in total. The predicted octanol–water partition coefficient (Wildman–Crippen LogP) is 8.69. The first kappa shape index (κ1) is 23.5. The number of hydrogen-bond acceptors (Lipinski definition) is 0. The Morgan fingerprint density at radius 3 is 2.00 bits per heavy atom. The maximum atomic E-state index is 15.0. The first-order valence-electron chi connectivity index (χ1n) is 11.9. The van der Waals surface area contributed by atoms with Gasteiger partial charge < -0.3 is 0 Å². The van der Waals surface area contributed by atoms with Crippen LogP contribution in [0.15, 0.2) is 48.5 Å². The normalized spacial score (nSPS) is 18.5. The van der Waals surface area contributed by atoms with Gasteiger partial charge in [0.2, 0.25) is 0 Å². The van der Waals surface area contributed by atoms with Crippen LogP contribution in [0.1, 0.15) is 67.2 Å². The Labute approximate surface area is 193 Å². The first-order valence-corrected chi connectivity index (χ1v) is 11.9. The SMILES string of the molecule is CCc1ccc(CCC2CCC(c3ccc(-c4ccc(C)cc4)c(F)c3F)CC2)c(F)c1F. The van der Waals surface area contributed by atoms with Crippen molar-refractivity contribution in [2.75, 3.05) is 0 Å². The average molecular weight is 455 g/mol. The van der Waals surface area contributed by atoms with Crippen molar-refractivity contribution in [3.8, 4) is 11.1 Å². The Kier molecular flexibility index (Phi) is 7.21. The van der Waals surface area contributed by atoms with E-state index in [2.05, 4.69) is 0 Å². The van der Waals surface area contributed by atoms with Crippen LogP contribution in [0.25, 0.3) is 11.1 Å². The molecule has 33 heavy (non-hydrogen) atoms. The van der Waals surface area contributed by atoms with Gasteiger partial charge in [0, 0.05) is 5.56 Å². The fourth-order valence-electron chi connectivity index (χ4n) is 5.05. The zero-order valence-corrected chi connectivity index (χ0v) is 19.2. The van der Waals surface area contributed by atoms with Gasteiger partial charge in [-0.1, -0.05) is 61.0 Å². The van der Waals surface area contributed by atoms with E-state index in [0.717, 1.165) is 37.7 Å². The lowest BCUT2D eigenvalue weighted by molar-refractivity contribution is 0.303. The maximum Gasteiger partial charge on any atom is 0.166 e. The summed E-state index contributed by atoms with van der Waals surface area (Å²) in [5.41, 5.74) is 3.30. The number of halogens is 4. The third kappa shape index (κ3) is 5.00. The molecule has 3 aromatic rings. The lowest BCUT2D eigenvalue weighted by atomic mass is 9.76. The van der Waals surface area contributed by atoms with E-state index < -0.39 is 23.3 Å². The zero-order valence-electron chi connectivity index (χ0n) is 19.2. The summed E-state index contributed by atoms with van der Waals surface area (Å²) in [7, 11) is 0. The topological polar surface area (TPSA) is 0 Å². The molecule has 174 valence electrons. The molecule has 0 aromatic heterocycles. The van der Waals surface area contributed by atoms with Crippen LogP contribution in [0.2, 0.25) is 0 Å². The van der Waals surface area contributed by atoms with E-state index in [-0.39, 0.29) is 11.5 Å². The van der Waals surface area contributed by atoms with Gasteiger partial charge in [-0.05, 0) is 86.0 Å². The molecular formula is C29H30F4. The van der Waals surface area contributed by atoms with Crippen LogP contribution in [0.4, 0.5) is 17.6 Å². The van der Waals surface area contributed by atoms with E-state index in [4.69, 9.17) is 0 Å². The molecule has 1 aliphatic rings. The summed E-state index contributed by atoms with van der Waals surface area (Å²) in [5.74, 6) is -2.62. The smallest absolute Gasteiger partial charge is 0.166 e. The van der Waals surface area contributed by atoms with Crippen molar-refractivity contribution in [1.29, 1.82) is 0 Å². The molecular weight excluding hydrogens is 424 g/mol. The lowest BCUT2D eigenvalue weighted by Crippen LogP contribution is -2.16. The van der Waals surface area contributed by atoms with Crippen molar-refractivity contribution in [2.24, 2.45) is 5.92 Å². The van der Waals surface area contributed by atoms with Gasteiger partial charge in [-0.15, -0.1) is 0 Å². The number of hydrogen-bond donors (Lipinski definition) is 0. The Bertz CT molecular complexity index is 1110. The van der Waals surface area contributed by atoms with Gasteiger partial charge in [-0.25, -0.2) is 17.6 Å². The molecule has 0 aliphatic heterocycles. The number of benzene rings is 3. The summed E-state index contributed by atoms with van der Waals surface area (Å²) in [6.45, 7) is 3.76. The molecule has 4 heteroatoms. The second kappa shape index (κ2) is 10.1. The molecule has 0 unspecified atom stereocenters. The maximum absolute atomic E-state index is 15.0. The van der Waals surface area contributed by atoms with Crippen LogP contribution in [-0.2, 0) is 12.8 Å². The summed E-state index contributed by atoms with van der Waals surface area (Å²) in [6.07, 6.45) is 5.04. The number of rotatable bonds is 6. The van der Waals surface area contributed by atoms with E-state index >= 15 is 0 Å². The Morgan fingerprint density at radius 2 is 1.33 bits per heavy atom. The molecule has 0 saturated heterocycles. The van der Waals surface area contributed by atoms with Gasteiger partial charge in [0.25, 0.3) is 0 Å². The van der Waals surface area contributed by atoms with Crippen LogP contribution in [-0.4, -0.2) is 0 Å². The second-order valence-electron chi connectivity index (χ2n) is 9.32. The van der Waals surface area contributed by atoms with E-state index in [0.29, 0.717) is 41.0 Å². The van der Waals surface area contributed by atoms with Gasteiger partial charge in [0.1, 0.15) is 0 Å². The van der Waals surface area contributed by atoms with Crippen molar-refractivity contribution in [2.45, 2.75) is 64.7 Å². The Balaban J connectivity index is 1.38. The lowest BCUT2D eigenvalue weighted by Gasteiger charge is -2.29. The summed E-state index contributed by atoms with van der Waals surface area (Å²) in [4.78, 5) is 0. The quantitative estimate of drug-likeness (QED) is 0.327. The van der Waals surface area contributed by atoms with E-state index in [1.54, 1.807) is 31.2 Å². The average Bonchev–Trinajstić information content (AvgIpc) is 2.83. The molecule has 4 rings (SSSR count). The van der Waals surface area contributed by atoms with Crippen LogP contribution < -0.4 is 0 Å². The van der Waals surface area contributed by atoms with Gasteiger partial charge in [0.05, 0.1) is 0 Å². The minimum absolute atomic E-state index is 0.0131. The highest BCUT2D eigenvalue weighted by molar-refractivity contribution is 5.65. The standard InChI is InChI=1S/C29H30F4/c1-3-20-14-15-23(27(31)26(20)30)13-8-19-6-11-22(12-7-19)25-17-16-24(28(32)29(25)33)21-9-4-18(2)5-10-21/h4-5,9-10,14-17,19,22H,3,6-8,11-13H2,1-2H3. The number of aryl methyl sites for hydroxylation is 3. The third-order valence-electron chi connectivity index (χ3n) is 7.21. The molecule has 1 fully saturated rings. The van der Waals surface area contributed by atoms with Crippen LogP contribution in [0.5, 0.6) is 0 Å². The fourth-order valence-corrected chi connectivity index (χ4v) is 5.05. The van der Waals surface area contributed by atoms with Crippen molar-refractivity contribution < 1.29 is 17.6 Å². The monoisotopic (exact) mass is 454 g/mol. The molecule has 1 aliphatic carbocycles. The molecule has 0 bridgehead atoms. The highest BCUT2D eigenvalue weighted by atomic mass is 19.2. The van der Waals surface area contributed by atoms with E-state index in [1.807, 2.05) is 31.2 Å². The second-order valence-corrected chi connectivity index (χ2v) is 9.32. The summed E-state index contributed by atoms with van der Waals surface area (Å²) in [5, 5.41) is 0. The van der Waals surface area contributed by atoms with Gasteiger partial charge in [-0.3, -0.25) is 0 Å². The Hall–Kier alpha value is -2.62. The summed E-state index contributed by atoms with van der Waals surface area (Å²) >= 11 is 0. The minimum atomic E-state index is -0.786. The van der Waals surface area contributed by atoms with Crippen LogP contribution in [0.3, 0.4) is 0 Å². The van der Waals surface area contributed by atoms with Crippen LogP contribution >= 0.6 is 0 Å². The van der Waals surface area contributed by atoms with Gasteiger partial charge >= 0.3 is 0 Å². The first-order chi connectivity index (χ1) is 15.9. The highest BCUT2D eigenvalue weighted by Crippen LogP contribution is 2.40. The largest absolute Gasteiger partial charge is 0.203 e. The molecule has 0 spiro atoms. The molecule has 0 amide bonds. The molecule has 1 saturated carbocycles. The molecule has 0 atom stereocenters. The molecule has 0 radical (unpaired) electrons. The fraction of sp³-hybridized carbons (Fsp3) is 0.379. The van der Waals surface area contributed by atoms with Crippen molar-refractivity contribution in [1.82, 2.24) is 0 Å². The third-order valence-corrected chi connectivity index (χ3v) is 7.21. The van der Waals surface area contributed by atoms with Crippen molar-refractivity contribution >= 4 is 0 Å². The van der Waals surface area contributed by atoms with E-state index in [1.165, 1.54) is 0 Å². The van der Waals surface area contributed by atoms with E-state index in [9.17, 15) is 17.6 Å². The Morgan fingerprint density at radius 1 is 0.697 bits per heavy atom. The summed E-state index contributed by atoms with van der Waals surface area (Å²) < 4.78 is 58.2. The van der Waals surface area contributed by atoms with Crippen LogP contribution in [0, 0.1) is 36.1 Å². The predicted molar refractivity (Wildman–Crippen MR) is 125 cm³/mol. The van der Waals surface area contributed by atoms with Gasteiger partial charge in [0.15, 0.2) is 23.3 Å². The molecule has 0 heterocycles. The van der Waals surface area contributed by atoms with Gasteiger partial charge in [-0.2, -0.15) is 0 Å². The zero-order chi connectivity index (χ0) is 23.5. The minimum Gasteiger partial charge on any atom is -0.203 e. The van der Waals surface area contributed by atoms with Crippen molar-refractivity contribution in [3.63, 3.8) is 0 Å². The highest BCUT2D eigenvalue weighted by Gasteiger charge is 2.27.